The predicted octanol–water partition coefficient (Wildman–Crippen LogP) is 2.01. The average molecular weight is 298 g/mol. The first kappa shape index (κ1) is 14.4. The van der Waals surface area contributed by atoms with Crippen molar-refractivity contribution in [1.82, 2.24) is 0 Å². The summed E-state index contributed by atoms with van der Waals surface area (Å²) in [7, 11) is 2.95. The van der Waals surface area contributed by atoms with E-state index in [2.05, 4.69) is 12.1 Å². The van der Waals surface area contributed by atoms with E-state index < -0.39 is 11.7 Å². The first-order valence-electron chi connectivity index (χ1n) is 6.70. The SMILES string of the molecule is COC(OC)C1=Cc2cc3c(cc2CC1(C#N)C#N)OCO3. The van der Waals surface area contributed by atoms with Crippen molar-refractivity contribution in [3.05, 3.63) is 28.8 Å². The molecule has 22 heavy (non-hydrogen) atoms. The molecule has 0 spiro atoms. The first-order chi connectivity index (χ1) is 10.7. The molecule has 112 valence electrons. The van der Waals surface area contributed by atoms with Gasteiger partial charge in [0.15, 0.2) is 23.2 Å². The molecule has 1 aliphatic heterocycles. The van der Waals surface area contributed by atoms with Crippen LogP contribution in [0.2, 0.25) is 0 Å². The molecule has 1 heterocycles. The third-order valence-electron chi connectivity index (χ3n) is 3.96. The van der Waals surface area contributed by atoms with Gasteiger partial charge in [0, 0.05) is 26.2 Å². The summed E-state index contributed by atoms with van der Waals surface area (Å²) in [6, 6.07) is 7.90. The molecular weight excluding hydrogens is 284 g/mol. The maximum Gasteiger partial charge on any atom is 0.231 e. The Hall–Kier alpha value is -2.54. The molecule has 0 radical (unpaired) electrons. The molecule has 0 saturated heterocycles. The van der Waals surface area contributed by atoms with Crippen molar-refractivity contribution >= 4 is 6.08 Å². The van der Waals surface area contributed by atoms with E-state index in [9.17, 15) is 10.5 Å². The number of rotatable bonds is 3. The first-order valence-corrected chi connectivity index (χ1v) is 6.70. The molecule has 0 bridgehead atoms. The lowest BCUT2D eigenvalue weighted by Crippen LogP contribution is -2.34. The van der Waals surface area contributed by atoms with Crippen LogP contribution in [-0.2, 0) is 15.9 Å². The quantitative estimate of drug-likeness (QED) is 0.794. The van der Waals surface area contributed by atoms with Gasteiger partial charge in [-0.05, 0) is 29.3 Å². The average Bonchev–Trinajstić information content (AvgIpc) is 3.00. The van der Waals surface area contributed by atoms with Crippen LogP contribution in [-0.4, -0.2) is 27.3 Å². The van der Waals surface area contributed by atoms with E-state index in [-0.39, 0.29) is 13.2 Å². The molecule has 1 aromatic carbocycles. The smallest absolute Gasteiger partial charge is 0.231 e. The van der Waals surface area contributed by atoms with Crippen LogP contribution < -0.4 is 9.47 Å². The Morgan fingerprint density at radius 1 is 1.14 bits per heavy atom. The maximum atomic E-state index is 9.59. The van der Waals surface area contributed by atoms with Crippen molar-refractivity contribution < 1.29 is 18.9 Å². The van der Waals surface area contributed by atoms with Crippen molar-refractivity contribution in [2.75, 3.05) is 21.0 Å². The number of benzene rings is 1. The second-order valence-corrected chi connectivity index (χ2v) is 5.11. The minimum Gasteiger partial charge on any atom is -0.454 e. The number of hydrogen-bond donors (Lipinski definition) is 0. The molecule has 0 atom stereocenters. The number of nitriles is 2. The van der Waals surface area contributed by atoms with Crippen molar-refractivity contribution in [2.45, 2.75) is 12.7 Å². The van der Waals surface area contributed by atoms with Gasteiger partial charge >= 0.3 is 0 Å². The summed E-state index contributed by atoms with van der Waals surface area (Å²) >= 11 is 0. The number of hydrogen-bond acceptors (Lipinski definition) is 6. The van der Waals surface area contributed by atoms with E-state index in [1.807, 2.05) is 12.1 Å². The van der Waals surface area contributed by atoms with Gasteiger partial charge in [0.1, 0.15) is 0 Å². The lowest BCUT2D eigenvalue weighted by molar-refractivity contribution is -0.0807. The largest absolute Gasteiger partial charge is 0.454 e. The highest BCUT2D eigenvalue weighted by molar-refractivity contribution is 5.69. The van der Waals surface area contributed by atoms with Gasteiger partial charge in [0.2, 0.25) is 6.79 Å². The zero-order valence-electron chi connectivity index (χ0n) is 12.3. The molecule has 6 heteroatoms. The van der Waals surface area contributed by atoms with E-state index in [0.29, 0.717) is 17.1 Å². The number of methoxy groups -OCH3 is 2. The molecular formula is C16H14N2O4. The normalized spacial score (nSPS) is 17.4. The minimum atomic E-state index is -1.32. The van der Waals surface area contributed by atoms with Gasteiger partial charge in [-0.2, -0.15) is 10.5 Å². The van der Waals surface area contributed by atoms with Crippen LogP contribution in [0.25, 0.3) is 6.08 Å². The van der Waals surface area contributed by atoms with Crippen LogP contribution in [0.3, 0.4) is 0 Å². The highest BCUT2D eigenvalue weighted by atomic mass is 16.7. The van der Waals surface area contributed by atoms with Crippen molar-refractivity contribution in [1.29, 1.82) is 10.5 Å². The van der Waals surface area contributed by atoms with Crippen LogP contribution in [0.15, 0.2) is 17.7 Å². The monoisotopic (exact) mass is 298 g/mol. The van der Waals surface area contributed by atoms with Crippen LogP contribution in [0, 0.1) is 28.1 Å². The summed E-state index contributed by atoms with van der Waals surface area (Å²) in [5.74, 6) is 1.29. The molecule has 0 N–H and O–H groups in total. The summed E-state index contributed by atoms with van der Waals surface area (Å²) in [5.41, 5.74) is 0.910. The number of nitrogens with zero attached hydrogens (tertiary/aromatic N) is 2. The van der Waals surface area contributed by atoms with Crippen molar-refractivity contribution in [3.8, 4) is 23.6 Å². The third kappa shape index (κ3) is 2.01. The Bertz CT molecular complexity index is 709. The summed E-state index contributed by atoms with van der Waals surface area (Å²) in [6.07, 6.45) is 1.27. The topological polar surface area (TPSA) is 84.5 Å². The van der Waals surface area contributed by atoms with Gasteiger partial charge in [-0.3, -0.25) is 0 Å². The van der Waals surface area contributed by atoms with E-state index in [4.69, 9.17) is 18.9 Å². The summed E-state index contributed by atoms with van der Waals surface area (Å²) in [4.78, 5) is 0. The lowest BCUT2D eigenvalue weighted by atomic mass is 9.72. The van der Waals surface area contributed by atoms with Gasteiger partial charge in [-0.1, -0.05) is 0 Å². The molecule has 3 rings (SSSR count). The standard InChI is InChI=1S/C16H14N2O4/c1-19-15(20-2)12-3-10-4-13-14(22-9-21-13)5-11(10)6-16(12,7-17)8-18/h3-5,15H,6,9H2,1-2H3. The van der Waals surface area contributed by atoms with E-state index in [1.54, 1.807) is 6.08 Å². The van der Waals surface area contributed by atoms with Gasteiger partial charge < -0.3 is 18.9 Å². The summed E-state index contributed by atoms with van der Waals surface area (Å²) in [5, 5.41) is 19.2. The molecule has 1 aliphatic carbocycles. The molecule has 2 aliphatic rings. The van der Waals surface area contributed by atoms with Crippen molar-refractivity contribution in [3.63, 3.8) is 0 Å². The highest BCUT2D eigenvalue weighted by Crippen LogP contribution is 2.44. The Kier molecular flexibility index (Phi) is 3.50. The Labute approximate surface area is 128 Å². The van der Waals surface area contributed by atoms with E-state index in [1.165, 1.54) is 14.2 Å². The van der Waals surface area contributed by atoms with E-state index in [0.717, 1.165) is 11.1 Å². The van der Waals surface area contributed by atoms with Crippen LogP contribution in [0.1, 0.15) is 11.1 Å². The highest BCUT2D eigenvalue weighted by Gasteiger charge is 2.43. The zero-order valence-corrected chi connectivity index (χ0v) is 12.3. The maximum absolute atomic E-state index is 9.59. The van der Waals surface area contributed by atoms with Gasteiger partial charge in [-0.15, -0.1) is 0 Å². The second-order valence-electron chi connectivity index (χ2n) is 5.11. The fourth-order valence-corrected chi connectivity index (χ4v) is 2.82. The molecule has 0 amide bonds. The minimum absolute atomic E-state index is 0.176. The van der Waals surface area contributed by atoms with Crippen LogP contribution in [0.5, 0.6) is 11.5 Å². The molecule has 0 unspecified atom stereocenters. The summed E-state index contributed by atoms with van der Waals surface area (Å²) < 4.78 is 21.2. The van der Waals surface area contributed by atoms with E-state index >= 15 is 0 Å². The Balaban J connectivity index is 2.17. The zero-order chi connectivity index (χ0) is 15.7. The molecule has 6 nitrogen and oxygen atoms in total. The fourth-order valence-electron chi connectivity index (χ4n) is 2.82. The fraction of sp³-hybridized carbons (Fsp3) is 0.375. The van der Waals surface area contributed by atoms with Gasteiger partial charge in [0.25, 0.3) is 0 Å². The third-order valence-corrected chi connectivity index (χ3v) is 3.96. The predicted molar refractivity (Wildman–Crippen MR) is 75.7 cm³/mol. The molecule has 1 aromatic rings. The van der Waals surface area contributed by atoms with Gasteiger partial charge in [-0.25, -0.2) is 0 Å². The van der Waals surface area contributed by atoms with Gasteiger partial charge in [0.05, 0.1) is 12.1 Å². The molecule has 0 aromatic heterocycles. The Morgan fingerprint density at radius 3 is 2.36 bits per heavy atom. The lowest BCUT2D eigenvalue weighted by Gasteiger charge is -2.31. The van der Waals surface area contributed by atoms with Crippen LogP contribution >= 0.6 is 0 Å². The van der Waals surface area contributed by atoms with Crippen molar-refractivity contribution in [2.24, 2.45) is 5.41 Å². The Morgan fingerprint density at radius 2 is 1.77 bits per heavy atom. The summed E-state index contributed by atoms with van der Waals surface area (Å²) in [6.45, 7) is 0.176. The molecule has 0 saturated carbocycles. The number of ether oxygens (including phenoxy) is 4. The second kappa shape index (κ2) is 5.34. The van der Waals surface area contributed by atoms with Crippen LogP contribution in [0.4, 0.5) is 0 Å². The number of fused-ring (bicyclic) bond motifs is 2. The molecule has 0 fully saturated rings.